The van der Waals surface area contributed by atoms with Gasteiger partial charge in [0, 0.05) is 11.6 Å². The lowest BCUT2D eigenvalue weighted by Crippen LogP contribution is -2.36. The minimum atomic E-state index is -0.0807. The van der Waals surface area contributed by atoms with Crippen molar-refractivity contribution in [3.63, 3.8) is 0 Å². The van der Waals surface area contributed by atoms with Gasteiger partial charge in [-0.3, -0.25) is 4.79 Å². The van der Waals surface area contributed by atoms with E-state index in [4.69, 9.17) is 0 Å². The highest BCUT2D eigenvalue weighted by atomic mass is 16.3. The molecule has 1 aromatic rings. The van der Waals surface area contributed by atoms with Gasteiger partial charge in [-0.2, -0.15) is 0 Å². The number of carbonyl (C=O) groups excluding carboxylic acids is 1. The number of phenols is 1. The van der Waals surface area contributed by atoms with E-state index in [1.807, 2.05) is 0 Å². The van der Waals surface area contributed by atoms with Gasteiger partial charge in [-0.1, -0.05) is 25.3 Å². The van der Waals surface area contributed by atoms with E-state index in [9.17, 15) is 9.90 Å². The highest BCUT2D eigenvalue weighted by Crippen LogP contribution is 2.18. The summed E-state index contributed by atoms with van der Waals surface area (Å²) in [5, 5.41) is 12.3. The van der Waals surface area contributed by atoms with Crippen LogP contribution in [0.25, 0.3) is 0 Å². The molecule has 1 fully saturated rings. The van der Waals surface area contributed by atoms with Crippen molar-refractivity contribution in [3.05, 3.63) is 29.8 Å². The molecule has 0 unspecified atom stereocenters. The van der Waals surface area contributed by atoms with Crippen LogP contribution in [-0.4, -0.2) is 17.1 Å². The molecule has 1 saturated carbocycles. The number of hydrogen-bond acceptors (Lipinski definition) is 2. The monoisotopic (exact) mass is 219 g/mol. The van der Waals surface area contributed by atoms with E-state index in [0.717, 1.165) is 12.8 Å². The van der Waals surface area contributed by atoms with Crippen LogP contribution in [0.1, 0.15) is 42.5 Å². The Bertz CT molecular complexity index is 370. The van der Waals surface area contributed by atoms with Gasteiger partial charge in [0.25, 0.3) is 5.91 Å². The Morgan fingerprint density at radius 2 is 2.00 bits per heavy atom. The van der Waals surface area contributed by atoms with Crippen LogP contribution in [0.5, 0.6) is 5.75 Å². The number of nitrogens with one attached hydrogen (secondary N) is 1. The third kappa shape index (κ3) is 2.75. The number of carbonyl (C=O) groups is 1. The van der Waals surface area contributed by atoms with Crippen LogP contribution >= 0.6 is 0 Å². The molecular formula is C13H17NO2. The minimum absolute atomic E-state index is 0.0807. The van der Waals surface area contributed by atoms with E-state index < -0.39 is 0 Å². The first-order valence-corrected chi connectivity index (χ1v) is 5.85. The third-order valence-corrected chi connectivity index (χ3v) is 3.05. The zero-order chi connectivity index (χ0) is 11.4. The van der Waals surface area contributed by atoms with Gasteiger partial charge in [0.05, 0.1) is 0 Å². The summed E-state index contributed by atoms with van der Waals surface area (Å²) >= 11 is 0. The number of benzene rings is 1. The van der Waals surface area contributed by atoms with Gasteiger partial charge in [-0.15, -0.1) is 0 Å². The van der Waals surface area contributed by atoms with Gasteiger partial charge in [0.15, 0.2) is 0 Å². The fourth-order valence-electron chi connectivity index (χ4n) is 2.16. The molecule has 0 heterocycles. The quantitative estimate of drug-likeness (QED) is 0.802. The first-order chi connectivity index (χ1) is 7.75. The summed E-state index contributed by atoms with van der Waals surface area (Å²) in [6.07, 6.45) is 5.82. The second kappa shape index (κ2) is 5.01. The van der Waals surface area contributed by atoms with E-state index in [-0.39, 0.29) is 11.7 Å². The van der Waals surface area contributed by atoms with Gasteiger partial charge in [-0.25, -0.2) is 0 Å². The predicted octanol–water partition coefficient (Wildman–Crippen LogP) is 2.45. The minimum Gasteiger partial charge on any atom is -0.508 e. The van der Waals surface area contributed by atoms with E-state index in [2.05, 4.69) is 5.32 Å². The molecule has 3 heteroatoms. The van der Waals surface area contributed by atoms with E-state index in [1.54, 1.807) is 18.2 Å². The van der Waals surface area contributed by atoms with Crippen molar-refractivity contribution in [3.8, 4) is 5.75 Å². The number of amides is 1. The molecule has 1 amide bonds. The van der Waals surface area contributed by atoms with E-state index in [0.29, 0.717) is 11.6 Å². The molecule has 2 N–H and O–H groups in total. The van der Waals surface area contributed by atoms with Crippen molar-refractivity contribution in [2.75, 3.05) is 0 Å². The van der Waals surface area contributed by atoms with Crippen LogP contribution in [0.2, 0.25) is 0 Å². The molecule has 0 aliphatic heterocycles. The first kappa shape index (κ1) is 11.0. The molecule has 0 bridgehead atoms. The lowest BCUT2D eigenvalue weighted by Gasteiger charge is -2.22. The van der Waals surface area contributed by atoms with Gasteiger partial charge in [0.1, 0.15) is 5.75 Å². The highest BCUT2D eigenvalue weighted by molar-refractivity contribution is 5.94. The fourth-order valence-corrected chi connectivity index (χ4v) is 2.16. The van der Waals surface area contributed by atoms with Gasteiger partial charge < -0.3 is 10.4 Å². The normalized spacial score (nSPS) is 17.0. The maximum atomic E-state index is 11.8. The zero-order valence-corrected chi connectivity index (χ0v) is 9.28. The molecule has 16 heavy (non-hydrogen) atoms. The molecule has 0 spiro atoms. The summed E-state index contributed by atoms with van der Waals surface area (Å²) in [6.45, 7) is 0. The van der Waals surface area contributed by atoms with Crippen LogP contribution < -0.4 is 5.32 Å². The van der Waals surface area contributed by atoms with Crippen molar-refractivity contribution in [2.24, 2.45) is 0 Å². The zero-order valence-electron chi connectivity index (χ0n) is 9.28. The molecule has 0 atom stereocenters. The fraction of sp³-hybridized carbons (Fsp3) is 0.462. The topological polar surface area (TPSA) is 49.3 Å². The largest absolute Gasteiger partial charge is 0.508 e. The maximum absolute atomic E-state index is 11.8. The van der Waals surface area contributed by atoms with Crippen LogP contribution in [0.15, 0.2) is 24.3 Å². The van der Waals surface area contributed by atoms with Crippen molar-refractivity contribution < 1.29 is 9.90 Å². The number of hydrogen-bond donors (Lipinski definition) is 2. The first-order valence-electron chi connectivity index (χ1n) is 5.85. The van der Waals surface area contributed by atoms with Crippen LogP contribution in [0.3, 0.4) is 0 Å². The van der Waals surface area contributed by atoms with Gasteiger partial charge in [-0.05, 0) is 31.0 Å². The van der Waals surface area contributed by atoms with Crippen molar-refractivity contribution in [2.45, 2.75) is 38.1 Å². The summed E-state index contributed by atoms with van der Waals surface area (Å²) in [5.74, 6) is 0.0547. The Kier molecular flexibility index (Phi) is 3.44. The smallest absolute Gasteiger partial charge is 0.251 e. The molecule has 1 aromatic carbocycles. The van der Waals surface area contributed by atoms with Crippen LogP contribution in [-0.2, 0) is 0 Å². The lowest BCUT2D eigenvalue weighted by atomic mass is 9.95. The van der Waals surface area contributed by atoms with E-state index in [1.165, 1.54) is 25.3 Å². The second-order valence-corrected chi connectivity index (χ2v) is 4.36. The molecule has 3 nitrogen and oxygen atoms in total. The average molecular weight is 219 g/mol. The molecule has 0 aromatic heterocycles. The van der Waals surface area contributed by atoms with Gasteiger partial charge >= 0.3 is 0 Å². The Labute approximate surface area is 95.5 Å². The van der Waals surface area contributed by atoms with Gasteiger partial charge in [0.2, 0.25) is 0 Å². The summed E-state index contributed by atoms with van der Waals surface area (Å²) in [6, 6.07) is 6.78. The number of aromatic hydroxyl groups is 1. The standard InChI is InChI=1S/C13H17NO2/c15-12-8-4-5-10(9-12)13(16)14-11-6-2-1-3-7-11/h4-5,8-9,11,15H,1-3,6-7H2,(H,14,16). The molecule has 0 radical (unpaired) electrons. The summed E-state index contributed by atoms with van der Waals surface area (Å²) in [7, 11) is 0. The van der Waals surface area contributed by atoms with Crippen molar-refractivity contribution in [1.82, 2.24) is 5.32 Å². The Morgan fingerprint density at radius 1 is 1.25 bits per heavy atom. The summed E-state index contributed by atoms with van der Waals surface area (Å²) < 4.78 is 0. The molecular weight excluding hydrogens is 202 g/mol. The third-order valence-electron chi connectivity index (χ3n) is 3.05. The summed E-state index contributed by atoms with van der Waals surface area (Å²) in [5.41, 5.74) is 0.533. The summed E-state index contributed by atoms with van der Waals surface area (Å²) in [4.78, 5) is 11.8. The lowest BCUT2D eigenvalue weighted by molar-refractivity contribution is 0.0927. The number of rotatable bonds is 2. The van der Waals surface area contributed by atoms with Crippen LogP contribution in [0.4, 0.5) is 0 Å². The Balaban J connectivity index is 1.97. The Hall–Kier alpha value is -1.51. The molecule has 0 saturated heterocycles. The molecule has 1 aliphatic carbocycles. The van der Waals surface area contributed by atoms with E-state index >= 15 is 0 Å². The Morgan fingerprint density at radius 3 is 2.69 bits per heavy atom. The van der Waals surface area contributed by atoms with Crippen molar-refractivity contribution in [1.29, 1.82) is 0 Å². The molecule has 86 valence electrons. The average Bonchev–Trinajstić information content (AvgIpc) is 2.30. The molecule has 2 rings (SSSR count). The second-order valence-electron chi connectivity index (χ2n) is 4.36. The highest BCUT2D eigenvalue weighted by Gasteiger charge is 2.16. The molecule has 1 aliphatic rings. The maximum Gasteiger partial charge on any atom is 0.251 e. The SMILES string of the molecule is O=C(NC1CCCCC1)c1cccc(O)c1. The predicted molar refractivity (Wildman–Crippen MR) is 62.4 cm³/mol. The van der Waals surface area contributed by atoms with Crippen LogP contribution in [0, 0.1) is 0 Å². The van der Waals surface area contributed by atoms with Crippen molar-refractivity contribution >= 4 is 5.91 Å². The number of phenolic OH excluding ortho intramolecular Hbond substituents is 1.